The highest BCUT2D eigenvalue weighted by atomic mass is 32.1. The van der Waals surface area contributed by atoms with Gasteiger partial charge < -0.3 is 10.1 Å². The Kier molecular flexibility index (Phi) is 6.02. The van der Waals surface area contributed by atoms with Crippen LogP contribution >= 0.6 is 11.3 Å². The summed E-state index contributed by atoms with van der Waals surface area (Å²) in [7, 11) is 0. The first-order chi connectivity index (χ1) is 13.5. The van der Waals surface area contributed by atoms with Gasteiger partial charge in [0.2, 0.25) is 5.88 Å². The molecule has 7 heteroatoms. The highest BCUT2D eigenvalue weighted by molar-refractivity contribution is 7.12. The number of aromatic nitrogens is 1. The molecule has 0 saturated carbocycles. The van der Waals surface area contributed by atoms with Crippen molar-refractivity contribution in [3.05, 3.63) is 75.4 Å². The van der Waals surface area contributed by atoms with Crippen molar-refractivity contribution in [2.45, 2.75) is 26.3 Å². The molecule has 142 valence electrons. The summed E-state index contributed by atoms with van der Waals surface area (Å²) in [4.78, 5) is 16.9. The van der Waals surface area contributed by atoms with Crippen molar-refractivity contribution in [1.29, 1.82) is 5.26 Å². The van der Waals surface area contributed by atoms with Crippen molar-refractivity contribution in [2.75, 3.05) is 0 Å². The van der Waals surface area contributed by atoms with E-state index in [0.717, 1.165) is 16.9 Å². The van der Waals surface area contributed by atoms with Gasteiger partial charge in [0.05, 0.1) is 17.1 Å². The number of nitrogens with one attached hydrogen (secondary N) is 1. The Morgan fingerprint density at radius 3 is 2.86 bits per heavy atom. The number of hydrogen-bond donors (Lipinski definition) is 1. The molecule has 3 rings (SSSR count). The number of benzene rings is 2. The fourth-order valence-corrected chi connectivity index (χ4v) is 3.15. The third-order valence-electron chi connectivity index (χ3n) is 4.10. The fraction of sp³-hybridized carbons (Fsp3) is 0.190. The molecule has 2 aromatic carbocycles. The third-order valence-corrected chi connectivity index (χ3v) is 4.91. The first kappa shape index (κ1) is 19.5. The lowest BCUT2D eigenvalue weighted by Crippen LogP contribution is -2.23. The summed E-state index contributed by atoms with van der Waals surface area (Å²) < 4.78 is 19.9. The van der Waals surface area contributed by atoms with Gasteiger partial charge in [-0.15, -0.1) is 11.3 Å². The van der Waals surface area contributed by atoms with Crippen LogP contribution in [0.4, 0.5) is 4.39 Å². The van der Waals surface area contributed by atoms with Crippen LogP contribution in [0.3, 0.4) is 0 Å². The van der Waals surface area contributed by atoms with Gasteiger partial charge in [0.1, 0.15) is 11.6 Å². The van der Waals surface area contributed by atoms with Crippen LogP contribution in [0.15, 0.2) is 48.0 Å². The summed E-state index contributed by atoms with van der Waals surface area (Å²) in [5, 5.41) is 11.7. The number of amides is 1. The molecule has 0 bridgehead atoms. The van der Waals surface area contributed by atoms with Crippen molar-refractivity contribution in [3.63, 3.8) is 0 Å². The van der Waals surface area contributed by atoms with Gasteiger partial charge in [-0.1, -0.05) is 32.0 Å². The van der Waals surface area contributed by atoms with Crippen LogP contribution in [0.5, 0.6) is 11.6 Å². The van der Waals surface area contributed by atoms with Gasteiger partial charge in [-0.25, -0.2) is 9.37 Å². The van der Waals surface area contributed by atoms with Crippen LogP contribution < -0.4 is 10.1 Å². The average molecular weight is 395 g/mol. The van der Waals surface area contributed by atoms with E-state index in [1.54, 1.807) is 30.3 Å². The summed E-state index contributed by atoms with van der Waals surface area (Å²) in [6.45, 7) is 4.05. The maximum Gasteiger partial charge on any atom is 0.267 e. The monoisotopic (exact) mass is 395 g/mol. The zero-order valence-corrected chi connectivity index (χ0v) is 16.2. The van der Waals surface area contributed by atoms with E-state index in [9.17, 15) is 9.18 Å². The first-order valence-electron chi connectivity index (χ1n) is 8.66. The van der Waals surface area contributed by atoms with E-state index >= 15 is 0 Å². The first-order valence-corrected chi connectivity index (χ1v) is 9.54. The second-order valence-corrected chi connectivity index (χ2v) is 7.27. The number of hydrogen-bond acceptors (Lipinski definition) is 5. The predicted octanol–water partition coefficient (Wildman–Crippen LogP) is 5.00. The van der Waals surface area contributed by atoms with Gasteiger partial charge in [0, 0.05) is 12.1 Å². The minimum Gasteiger partial charge on any atom is -0.437 e. The van der Waals surface area contributed by atoms with Crippen LogP contribution in [0.1, 0.15) is 46.1 Å². The number of carbonyl (C=O) groups is 1. The number of halogens is 1. The summed E-state index contributed by atoms with van der Waals surface area (Å²) in [5.41, 5.74) is 3.26. The van der Waals surface area contributed by atoms with Crippen molar-refractivity contribution in [1.82, 2.24) is 10.3 Å². The smallest absolute Gasteiger partial charge is 0.267 e. The Labute approximate surface area is 166 Å². The van der Waals surface area contributed by atoms with E-state index in [1.807, 2.05) is 26.0 Å². The van der Waals surface area contributed by atoms with Crippen LogP contribution in [0.2, 0.25) is 0 Å². The van der Waals surface area contributed by atoms with Crippen LogP contribution in [0, 0.1) is 17.1 Å². The zero-order valence-electron chi connectivity index (χ0n) is 15.4. The molecule has 0 unspecified atom stereocenters. The Morgan fingerprint density at radius 2 is 2.14 bits per heavy atom. The molecule has 5 nitrogen and oxygen atoms in total. The largest absolute Gasteiger partial charge is 0.437 e. The standard InChI is InChI=1S/C21H18FN3O2S/c1-13(2)15-6-7-16(18(22)9-15)11-24-20(26)19-21(25-12-28-19)27-17-5-3-4-14(8-17)10-23/h3-9,12-13H,11H2,1-2H3,(H,24,26). The molecule has 0 spiro atoms. The maximum atomic E-state index is 14.2. The van der Waals surface area contributed by atoms with E-state index in [2.05, 4.69) is 10.3 Å². The molecule has 0 atom stereocenters. The molecule has 3 aromatic rings. The summed E-state index contributed by atoms with van der Waals surface area (Å²) >= 11 is 1.13. The predicted molar refractivity (Wildman–Crippen MR) is 105 cm³/mol. The van der Waals surface area contributed by atoms with E-state index in [-0.39, 0.29) is 29.0 Å². The second-order valence-electron chi connectivity index (χ2n) is 6.42. The Bertz CT molecular complexity index is 1040. The third kappa shape index (κ3) is 4.53. The van der Waals surface area contributed by atoms with Crippen molar-refractivity contribution < 1.29 is 13.9 Å². The van der Waals surface area contributed by atoms with Gasteiger partial charge in [-0.2, -0.15) is 5.26 Å². The quantitative estimate of drug-likeness (QED) is 0.637. The highest BCUT2D eigenvalue weighted by Gasteiger charge is 2.17. The number of ether oxygens (including phenoxy) is 1. The van der Waals surface area contributed by atoms with Crippen molar-refractivity contribution >= 4 is 17.2 Å². The average Bonchev–Trinajstić information content (AvgIpc) is 3.15. The fourth-order valence-electron chi connectivity index (χ4n) is 2.52. The highest BCUT2D eigenvalue weighted by Crippen LogP contribution is 2.27. The Morgan fingerprint density at radius 1 is 1.32 bits per heavy atom. The molecular formula is C21H18FN3O2S. The van der Waals surface area contributed by atoms with E-state index in [4.69, 9.17) is 10.00 Å². The number of carbonyl (C=O) groups excluding carboxylic acids is 1. The van der Waals surface area contributed by atoms with Crippen molar-refractivity contribution in [2.24, 2.45) is 0 Å². The summed E-state index contributed by atoms with van der Waals surface area (Å²) in [5.74, 6) is 0.0407. The molecule has 0 saturated heterocycles. The molecule has 1 N–H and O–H groups in total. The van der Waals surface area contributed by atoms with E-state index in [0.29, 0.717) is 16.9 Å². The molecule has 0 aliphatic carbocycles. The summed E-state index contributed by atoms with van der Waals surface area (Å²) in [6, 6.07) is 13.6. The molecule has 0 aliphatic rings. The second kappa shape index (κ2) is 8.63. The van der Waals surface area contributed by atoms with Crippen LogP contribution in [-0.4, -0.2) is 10.9 Å². The topological polar surface area (TPSA) is 75.0 Å². The lowest BCUT2D eigenvalue weighted by Gasteiger charge is -2.10. The Balaban J connectivity index is 1.69. The van der Waals surface area contributed by atoms with Gasteiger partial charge >= 0.3 is 0 Å². The number of rotatable bonds is 6. The minimum absolute atomic E-state index is 0.0598. The minimum atomic E-state index is -0.402. The van der Waals surface area contributed by atoms with Crippen LogP contribution in [0.25, 0.3) is 0 Å². The SMILES string of the molecule is CC(C)c1ccc(CNC(=O)c2scnc2Oc2cccc(C#N)c2)c(F)c1. The van der Waals surface area contributed by atoms with Crippen LogP contribution in [-0.2, 0) is 6.54 Å². The van der Waals surface area contributed by atoms with Gasteiger partial charge in [-0.3, -0.25) is 4.79 Å². The van der Waals surface area contributed by atoms with E-state index in [1.165, 1.54) is 11.6 Å². The number of nitriles is 1. The molecule has 0 aliphatic heterocycles. The molecule has 0 fully saturated rings. The molecular weight excluding hydrogens is 377 g/mol. The van der Waals surface area contributed by atoms with Crippen molar-refractivity contribution in [3.8, 4) is 17.7 Å². The van der Waals surface area contributed by atoms with Gasteiger partial charge in [-0.05, 0) is 35.7 Å². The molecule has 1 heterocycles. The molecule has 28 heavy (non-hydrogen) atoms. The molecule has 0 radical (unpaired) electrons. The lowest BCUT2D eigenvalue weighted by atomic mass is 10.0. The molecule has 1 aromatic heterocycles. The number of nitrogens with zero attached hydrogens (tertiary/aromatic N) is 2. The molecule has 1 amide bonds. The van der Waals surface area contributed by atoms with Gasteiger partial charge in [0.25, 0.3) is 5.91 Å². The normalized spacial score (nSPS) is 10.5. The van der Waals surface area contributed by atoms with E-state index < -0.39 is 5.91 Å². The Hall–Kier alpha value is -3.24. The number of thiazole rings is 1. The lowest BCUT2D eigenvalue weighted by molar-refractivity contribution is 0.0952. The summed E-state index contributed by atoms with van der Waals surface area (Å²) in [6.07, 6.45) is 0. The maximum absolute atomic E-state index is 14.2. The zero-order chi connectivity index (χ0) is 20.1. The van der Waals surface area contributed by atoms with Gasteiger partial charge in [0.15, 0.2) is 4.88 Å².